The Kier molecular flexibility index (Phi) is 11.1. The molecule has 0 saturated heterocycles. The molecular formula is C27H38ClNO3. The number of ether oxygens (including phenoxy) is 2. The van der Waals surface area contributed by atoms with E-state index in [1.807, 2.05) is 12.1 Å². The van der Waals surface area contributed by atoms with Gasteiger partial charge in [0.1, 0.15) is 11.5 Å². The maximum absolute atomic E-state index is 12.8. The summed E-state index contributed by atoms with van der Waals surface area (Å²) >= 11 is 0. The van der Waals surface area contributed by atoms with Crippen LogP contribution in [0.5, 0.6) is 11.5 Å². The second kappa shape index (κ2) is 13.5. The summed E-state index contributed by atoms with van der Waals surface area (Å²) in [6.07, 6.45) is 7.75. The Morgan fingerprint density at radius 2 is 1.88 bits per heavy atom. The van der Waals surface area contributed by atoms with Crippen molar-refractivity contribution in [3.63, 3.8) is 0 Å². The SMILES string of the molecule is CCCCc1cc(C(=O)CCCCN(C)CCc2ccccc2OC)cc2c1OCC2.Cl. The number of benzene rings is 2. The Labute approximate surface area is 199 Å². The average molecular weight is 460 g/mol. The minimum absolute atomic E-state index is 0. The molecule has 1 aliphatic rings. The lowest BCUT2D eigenvalue weighted by Crippen LogP contribution is -2.22. The average Bonchev–Trinajstić information content (AvgIpc) is 3.27. The maximum Gasteiger partial charge on any atom is 0.162 e. The van der Waals surface area contributed by atoms with Crippen LogP contribution in [0.3, 0.4) is 0 Å². The van der Waals surface area contributed by atoms with E-state index >= 15 is 0 Å². The molecule has 4 nitrogen and oxygen atoms in total. The second-order valence-corrected chi connectivity index (χ2v) is 8.57. The third-order valence-corrected chi connectivity index (χ3v) is 6.13. The second-order valence-electron chi connectivity index (χ2n) is 8.57. The molecule has 2 aromatic carbocycles. The summed E-state index contributed by atoms with van der Waals surface area (Å²) in [5, 5.41) is 0. The molecule has 0 amide bonds. The van der Waals surface area contributed by atoms with Crippen LogP contribution in [0.2, 0.25) is 0 Å². The predicted octanol–water partition coefficient (Wildman–Crippen LogP) is 5.92. The lowest BCUT2D eigenvalue weighted by molar-refractivity contribution is 0.0978. The molecule has 1 heterocycles. The van der Waals surface area contributed by atoms with Crippen molar-refractivity contribution in [1.29, 1.82) is 0 Å². The van der Waals surface area contributed by atoms with Crippen molar-refractivity contribution in [2.45, 2.75) is 58.3 Å². The topological polar surface area (TPSA) is 38.8 Å². The Bertz CT molecular complexity index is 868. The van der Waals surface area contributed by atoms with Gasteiger partial charge in [0.05, 0.1) is 13.7 Å². The molecule has 0 spiro atoms. The summed E-state index contributed by atoms with van der Waals surface area (Å²) in [7, 11) is 3.87. The molecular weight excluding hydrogens is 422 g/mol. The van der Waals surface area contributed by atoms with Crippen LogP contribution in [0, 0.1) is 0 Å². The summed E-state index contributed by atoms with van der Waals surface area (Å²) in [6, 6.07) is 12.4. The van der Waals surface area contributed by atoms with E-state index in [9.17, 15) is 4.79 Å². The summed E-state index contributed by atoms with van der Waals surface area (Å²) in [4.78, 5) is 15.2. The van der Waals surface area contributed by atoms with Crippen molar-refractivity contribution in [1.82, 2.24) is 4.90 Å². The van der Waals surface area contributed by atoms with E-state index in [1.165, 1.54) is 16.7 Å². The number of hydrogen-bond acceptors (Lipinski definition) is 4. The number of ketones is 1. The first kappa shape index (κ1) is 26.2. The lowest BCUT2D eigenvalue weighted by atomic mass is 9.96. The first-order chi connectivity index (χ1) is 15.1. The van der Waals surface area contributed by atoms with Crippen LogP contribution in [-0.4, -0.2) is 44.5 Å². The van der Waals surface area contributed by atoms with Gasteiger partial charge in [-0.25, -0.2) is 0 Å². The minimum atomic E-state index is 0. The lowest BCUT2D eigenvalue weighted by Gasteiger charge is -2.17. The summed E-state index contributed by atoms with van der Waals surface area (Å²) < 4.78 is 11.3. The number of hydrogen-bond donors (Lipinski definition) is 0. The molecule has 0 atom stereocenters. The van der Waals surface area contributed by atoms with Crippen LogP contribution in [0.15, 0.2) is 36.4 Å². The van der Waals surface area contributed by atoms with E-state index in [2.05, 4.69) is 43.1 Å². The monoisotopic (exact) mass is 459 g/mol. The van der Waals surface area contributed by atoms with E-state index in [-0.39, 0.29) is 18.2 Å². The smallest absolute Gasteiger partial charge is 0.162 e. The van der Waals surface area contributed by atoms with Crippen LogP contribution in [-0.2, 0) is 19.3 Å². The zero-order valence-electron chi connectivity index (χ0n) is 19.8. The number of likely N-dealkylation sites (N-methyl/N-ethyl adjacent to an activating group) is 1. The fourth-order valence-electron chi connectivity index (χ4n) is 4.25. The molecule has 0 radical (unpaired) electrons. The van der Waals surface area contributed by atoms with Crippen LogP contribution >= 0.6 is 12.4 Å². The van der Waals surface area contributed by atoms with Crippen molar-refractivity contribution < 1.29 is 14.3 Å². The van der Waals surface area contributed by atoms with Gasteiger partial charge in [-0.2, -0.15) is 0 Å². The molecule has 0 N–H and O–H groups in total. The van der Waals surface area contributed by atoms with Gasteiger partial charge in [-0.1, -0.05) is 31.5 Å². The van der Waals surface area contributed by atoms with E-state index in [0.717, 1.165) is 81.7 Å². The number of fused-ring (bicyclic) bond motifs is 1. The predicted molar refractivity (Wildman–Crippen MR) is 134 cm³/mol. The van der Waals surface area contributed by atoms with Gasteiger partial charge in [0.25, 0.3) is 0 Å². The van der Waals surface area contributed by atoms with Crippen LogP contribution in [0.1, 0.15) is 66.1 Å². The molecule has 0 aromatic heterocycles. The van der Waals surface area contributed by atoms with Gasteiger partial charge in [0, 0.05) is 24.9 Å². The number of unbranched alkanes of at least 4 members (excludes halogenated alkanes) is 2. The van der Waals surface area contributed by atoms with E-state index < -0.39 is 0 Å². The highest BCUT2D eigenvalue weighted by atomic mass is 35.5. The van der Waals surface area contributed by atoms with Gasteiger partial charge in [-0.3, -0.25) is 4.79 Å². The number of methoxy groups -OCH3 is 1. The number of aryl methyl sites for hydroxylation is 1. The standard InChI is InChI=1S/C27H37NO3.ClH/c1-4-5-10-22-19-24(20-23-15-18-31-27(22)23)25(29)12-8-9-16-28(2)17-14-21-11-6-7-13-26(21)30-3;/h6-7,11,13,19-20H,4-5,8-10,12,14-18H2,1-3H3;1H. The van der Waals surface area contributed by atoms with Gasteiger partial charge in [0.15, 0.2) is 5.78 Å². The van der Waals surface area contributed by atoms with Crippen LogP contribution < -0.4 is 9.47 Å². The normalized spacial score (nSPS) is 12.2. The molecule has 1 aliphatic heterocycles. The molecule has 0 fully saturated rings. The molecule has 0 unspecified atom stereocenters. The number of rotatable bonds is 13. The van der Waals surface area contributed by atoms with Crippen molar-refractivity contribution in [3.8, 4) is 11.5 Å². The van der Waals surface area contributed by atoms with E-state index in [0.29, 0.717) is 6.42 Å². The van der Waals surface area contributed by atoms with Crippen molar-refractivity contribution >= 4 is 18.2 Å². The van der Waals surface area contributed by atoms with E-state index in [4.69, 9.17) is 9.47 Å². The quantitative estimate of drug-likeness (QED) is 0.275. The fraction of sp³-hybridized carbons (Fsp3) is 0.519. The Morgan fingerprint density at radius 1 is 1.06 bits per heavy atom. The molecule has 32 heavy (non-hydrogen) atoms. The summed E-state index contributed by atoms with van der Waals surface area (Å²) in [5.41, 5.74) is 4.55. The minimum Gasteiger partial charge on any atom is -0.496 e. The molecule has 176 valence electrons. The first-order valence-electron chi connectivity index (χ1n) is 11.7. The van der Waals surface area contributed by atoms with E-state index in [1.54, 1.807) is 7.11 Å². The molecule has 0 aliphatic carbocycles. The third kappa shape index (κ3) is 7.25. The van der Waals surface area contributed by atoms with Crippen LogP contribution in [0.4, 0.5) is 0 Å². The Morgan fingerprint density at radius 3 is 2.66 bits per heavy atom. The zero-order valence-corrected chi connectivity index (χ0v) is 20.6. The van der Waals surface area contributed by atoms with Crippen molar-refractivity contribution in [3.05, 3.63) is 58.7 Å². The number of para-hydroxylation sites is 1. The van der Waals surface area contributed by atoms with Gasteiger partial charge in [-0.05, 0) is 80.6 Å². The summed E-state index contributed by atoms with van der Waals surface area (Å²) in [5.74, 6) is 2.27. The Hall–Kier alpha value is -2.04. The highest BCUT2D eigenvalue weighted by Gasteiger charge is 2.19. The van der Waals surface area contributed by atoms with Crippen molar-refractivity contribution in [2.24, 2.45) is 0 Å². The number of carbonyl (C=O) groups is 1. The molecule has 2 aromatic rings. The number of Topliss-reactive ketones (excluding diaryl/α,β-unsaturated/α-hetero) is 1. The summed E-state index contributed by atoms with van der Waals surface area (Å²) in [6.45, 7) is 4.93. The molecule has 0 bridgehead atoms. The molecule has 5 heteroatoms. The highest BCUT2D eigenvalue weighted by Crippen LogP contribution is 2.32. The maximum atomic E-state index is 12.8. The van der Waals surface area contributed by atoms with Gasteiger partial charge in [-0.15, -0.1) is 12.4 Å². The van der Waals surface area contributed by atoms with Gasteiger partial charge in [0.2, 0.25) is 0 Å². The molecule has 0 saturated carbocycles. The number of carbonyl (C=O) groups excluding carboxylic acids is 1. The Balaban J connectivity index is 0.00000363. The number of nitrogens with zero attached hydrogens (tertiary/aromatic N) is 1. The van der Waals surface area contributed by atoms with Gasteiger partial charge >= 0.3 is 0 Å². The fourth-order valence-corrected chi connectivity index (χ4v) is 4.25. The largest absolute Gasteiger partial charge is 0.496 e. The number of halogens is 1. The zero-order chi connectivity index (χ0) is 22.1. The van der Waals surface area contributed by atoms with Crippen LogP contribution in [0.25, 0.3) is 0 Å². The third-order valence-electron chi connectivity index (χ3n) is 6.13. The highest BCUT2D eigenvalue weighted by molar-refractivity contribution is 5.96. The van der Waals surface area contributed by atoms with Gasteiger partial charge < -0.3 is 14.4 Å². The van der Waals surface area contributed by atoms with Crippen molar-refractivity contribution in [2.75, 3.05) is 33.9 Å². The molecule has 3 rings (SSSR count). The first-order valence-corrected chi connectivity index (χ1v) is 11.7.